The lowest BCUT2D eigenvalue weighted by Gasteiger charge is -2.10. The maximum absolute atomic E-state index is 9.56. The molecule has 0 spiro atoms. The number of aliphatic hydroxyl groups excluding tert-OH is 1. The fraction of sp³-hybridized carbons (Fsp3) is 0.167. The summed E-state index contributed by atoms with van der Waals surface area (Å²) in [6.07, 6.45) is -0.397. The van der Waals surface area contributed by atoms with Crippen LogP contribution in [0, 0.1) is 3.57 Å². The van der Waals surface area contributed by atoms with Crippen LogP contribution in [0.2, 0.25) is 0 Å². The van der Waals surface area contributed by atoms with Gasteiger partial charge in [0.1, 0.15) is 0 Å². The molecule has 0 unspecified atom stereocenters. The van der Waals surface area contributed by atoms with Gasteiger partial charge in [-0.1, -0.05) is 36.4 Å². The average molecular weight is 298 g/mol. The fourth-order valence-electron chi connectivity index (χ4n) is 1.57. The number of benzene rings is 2. The Morgan fingerprint density at radius 3 is 2.57 bits per heavy atom. The van der Waals surface area contributed by atoms with Crippen molar-refractivity contribution in [2.45, 2.75) is 13.0 Å². The van der Waals surface area contributed by atoms with Gasteiger partial charge < -0.3 is 5.11 Å². The Morgan fingerprint density at radius 2 is 1.86 bits per heavy atom. The van der Waals surface area contributed by atoms with E-state index < -0.39 is 6.10 Å². The number of rotatable bonds is 1. The molecule has 0 aliphatic heterocycles. The van der Waals surface area contributed by atoms with E-state index in [0.29, 0.717) is 0 Å². The summed E-state index contributed by atoms with van der Waals surface area (Å²) in [6.45, 7) is 1.80. The van der Waals surface area contributed by atoms with Gasteiger partial charge in [0.15, 0.2) is 0 Å². The highest BCUT2D eigenvalue weighted by Crippen LogP contribution is 2.27. The molecule has 0 amide bonds. The second-order valence-electron chi connectivity index (χ2n) is 3.37. The summed E-state index contributed by atoms with van der Waals surface area (Å²) in [7, 11) is 0. The third-order valence-electron chi connectivity index (χ3n) is 2.34. The lowest BCUT2D eigenvalue weighted by molar-refractivity contribution is 0.198. The van der Waals surface area contributed by atoms with Gasteiger partial charge in [-0.2, -0.15) is 0 Å². The summed E-state index contributed by atoms with van der Waals surface area (Å²) < 4.78 is 1.15. The zero-order valence-corrected chi connectivity index (χ0v) is 10.0. The van der Waals surface area contributed by atoms with Crippen LogP contribution in [0.5, 0.6) is 0 Å². The highest BCUT2D eigenvalue weighted by Gasteiger charge is 2.08. The molecular formula is C12H11IO. The van der Waals surface area contributed by atoms with E-state index in [0.717, 1.165) is 9.13 Å². The van der Waals surface area contributed by atoms with Crippen molar-refractivity contribution < 1.29 is 5.11 Å². The molecule has 0 radical (unpaired) electrons. The van der Waals surface area contributed by atoms with Crippen molar-refractivity contribution in [1.29, 1.82) is 0 Å². The van der Waals surface area contributed by atoms with Gasteiger partial charge >= 0.3 is 0 Å². The Labute approximate surface area is 96.9 Å². The van der Waals surface area contributed by atoms with Crippen molar-refractivity contribution in [3.63, 3.8) is 0 Å². The van der Waals surface area contributed by atoms with Crippen LogP contribution in [0.3, 0.4) is 0 Å². The zero-order valence-electron chi connectivity index (χ0n) is 7.87. The molecule has 2 heteroatoms. The van der Waals surface area contributed by atoms with Crippen molar-refractivity contribution in [2.24, 2.45) is 0 Å². The Hall–Kier alpha value is -0.610. The van der Waals surface area contributed by atoms with E-state index in [-0.39, 0.29) is 0 Å². The van der Waals surface area contributed by atoms with Crippen molar-refractivity contribution in [3.05, 3.63) is 45.5 Å². The van der Waals surface area contributed by atoms with E-state index in [2.05, 4.69) is 40.8 Å². The molecule has 0 heterocycles. The molecule has 0 aliphatic rings. The Bertz CT molecular complexity index is 463. The van der Waals surface area contributed by atoms with Gasteiger partial charge in [0.05, 0.1) is 6.10 Å². The highest BCUT2D eigenvalue weighted by atomic mass is 127. The first-order valence-corrected chi connectivity index (χ1v) is 5.63. The molecular weight excluding hydrogens is 287 g/mol. The van der Waals surface area contributed by atoms with Gasteiger partial charge in [0, 0.05) is 3.57 Å². The number of halogens is 1. The third-order valence-corrected chi connectivity index (χ3v) is 3.55. The van der Waals surface area contributed by atoms with Gasteiger partial charge in [-0.3, -0.25) is 0 Å². The first-order valence-electron chi connectivity index (χ1n) is 4.55. The summed E-state index contributed by atoms with van der Waals surface area (Å²) in [5, 5.41) is 12.0. The van der Waals surface area contributed by atoms with E-state index in [9.17, 15) is 5.11 Å². The van der Waals surface area contributed by atoms with Crippen molar-refractivity contribution in [2.75, 3.05) is 0 Å². The molecule has 0 aromatic heterocycles. The topological polar surface area (TPSA) is 20.2 Å². The van der Waals surface area contributed by atoms with E-state index >= 15 is 0 Å². The van der Waals surface area contributed by atoms with Gasteiger partial charge in [-0.15, -0.1) is 0 Å². The molecule has 2 aromatic carbocycles. The van der Waals surface area contributed by atoms with Crippen molar-refractivity contribution >= 4 is 33.4 Å². The molecule has 72 valence electrons. The van der Waals surface area contributed by atoms with Crippen molar-refractivity contribution in [1.82, 2.24) is 0 Å². The van der Waals surface area contributed by atoms with Crippen LogP contribution in [0.4, 0.5) is 0 Å². The van der Waals surface area contributed by atoms with Crippen LogP contribution >= 0.6 is 22.6 Å². The molecule has 0 fully saturated rings. The maximum Gasteiger partial charge on any atom is 0.0772 e. The van der Waals surface area contributed by atoms with Crippen LogP contribution < -0.4 is 0 Å². The summed E-state index contributed by atoms with van der Waals surface area (Å²) in [5.41, 5.74) is 1.00. The average Bonchev–Trinajstić information content (AvgIpc) is 2.18. The van der Waals surface area contributed by atoms with E-state index in [1.165, 1.54) is 10.8 Å². The normalized spacial score (nSPS) is 13.1. The standard InChI is InChI=1S/C12H11IO/c1-8(14)10-7-6-9-4-2-3-5-11(9)12(10)13/h2-8,14H,1H3/t8-/m0/s1. The second kappa shape index (κ2) is 3.87. The molecule has 0 saturated carbocycles. The molecule has 0 bridgehead atoms. The molecule has 1 atom stereocenters. The van der Waals surface area contributed by atoms with E-state index in [1.807, 2.05) is 18.2 Å². The molecule has 14 heavy (non-hydrogen) atoms. The van der Waals surface area contributed by atoms with Crippen molar-refractivity contribution in [3.8, 4) is 0 Å². The number of fused-ring (bicyclic) bond motifs is 1. The van der Waals surface area contributed by atoms with Crippen LogP contribution in [0.1, 0.15) is 18.6 Å². The van der Waals surface area contributed by atoms with Crippen LogP contribution in [0.25, 0.3) is 10.8 Å². The predicted octanol–water partition coefficient (Wildman–Crippen LogP) is 3.50. The molecule has 1 N–H and O–H groups in total. The van der Waals surface area contributed by atoms with Gasteiger partial charge in [0.25, 0.3) is 0 Å². The molecule has 2 rings (SSSR count). The molecule has 1 nitrogen and oxygen atoms in total. The SMILES string of the molecule is C[C@H](O)c1ccc2ccccc2c1I. The third kappa shape index (κ3) is 1.64. The monoisotopic (exact) mass is 298 g/mol. The summed E-state index contributed by atoms with van der Waals surface area (Å²) in [5.74, 6) is 0. The lowest BCUT2D eigenvalue weighted by Crippen LogP contribution is -1.95. The Morgan fingerprint density at radius 1 is 1.14 bits per heavy atom. The Kier molecular flexibility index (Phi) is 2.74. The maximum atomic E-state index is 9.56. The number of hydrogen-bond donors (Lipinski definition) is 1. The van der Waals surface area contributed by atoms with Crippen LogP contribution in [-0.4, -0.2) is 5.11 Å². The number of aliphatic hydroxyl groups is 1. The molecule has 2 aromatic rings. The minimum absolute atomic E-state index is 0.397. The zero-order chi connectivity index (χ0) is 10.1. The Balaban J connectivity index is 2.75. The lowest BCUT2D eigenvalue weighted by atomic mass is 10.0. The van der Waals surface area contributed by atoms with E-state index in [4.69, 9.17) is 0 Å². The molecule has 0 aliphatic carbocycles. The summed E-state index contributed by atoms with van der Waals surface area (Å²) in [6, 6.07) is 12.3. The van der Waals surface area contributed by atoms with Gasteiger partial charge in [0.2, 0.25) is 0 Å². The summed E-state index contributed by atoms with van der Waals surface area (Å²) >= 11 is 2.29. The van der Waals surface area contributed by atoms with Crippen LogP contribution in [0.15, 0.2) is 36.4 Å². The quantitative estimate of drug-likeness (QED) is 0.799. The minimum atomic E-state index is -0.397. The first kappa shape index (κ1) is 9.93. The molecule has 0 saturated heterocycles. The largest absolute Gasteiger partial charge is 0.389 e. The smallest absolute Gasteiger partial charge is 0.0772 e. The second-order valence-corrected chi connectivity index (χ2v) is 4.44. The highest BCUT2D eigenvalue weighted by molar-refractivity contribution is 14.1. The van der Waals surface area contributed by atoms with Gasteiger partial charge in [-0.05, 0) is 45.9 Å². The van der Waals surface area contributed by atoms with E-state index in [1.54, 1.807) is 6.92 Å². The van der Waals surface area contributed by atoms with Gasteiger partial charge in [-0.25, -0.2) is 0 Å². The minimum Gasteiger partial charge on any atom is -0.389 e. The summed E-state index contributed by atoms with van der Waals surface area (Å²) in [4.78, 5) is 0. The fourth-order valence-corrected chi connectivity index (χ4v) is 2.69. The number of hydrogen-bond acceptors (Lipinski definition) is 1. The first-order chi connectivity index (χ1) is 6.70. The van der Waals surface area contributed by atoms with Crippen LogP contribution in [-0.2, 0) is 0 Å². The predicted molar refractivity (Wildman–Crippen MR) is 67.3 cm³/mol.